The second kappa shape index (κ2) is 6.11. The van der Waals surface area contributed by atoms with Crippen molar-refractivity contribution in [2.24, 2.45) is 0 Å². The van der Waals surface area contributed by atoms with Gasteiger partial charge in [0.05, 0.1) is 21.6 Å². The summed E-state index contributed by atoms with van der Waals surface area (Å²) in [5.41, 5.74) is 3.16. The third-order valence-corrected chi connectivity index (χ3v) is 5.65. The topological polar surface area (TPSA) is 26.0 Å². The number of nitrogens with zero attached hydrogens (tertiary/aromatic N) is 1. The average Bonchev–Trinajstić information content (AvgIpc) is 3.20. The molecule has 0 unspecified atom stereocenters. The Morgan fingerprint density at radius 1 is 1.43 bits per heavy atom. The largest absolute Gasteiger partial charge is 0.360 e. The molecule has 2 aromatic rings. The van der Waals surface area contributed by atoms with Gasteiger partial charge in [-0.15, -0.1) is 11.8 Å². The van der Waals surface area contributed by atoms with Gasteiger partial charge in [-0.1, -0.05) is 42.0 Å². The fraction of sp³-hybridized carbons (Fsp3) is 0.375. The predicted molar refractivity (Wildman–Crippen MR) is 91.9 cm³/mol. The van der Waals surface area contributed by atoms with Gasteiger partial charge in [0.25, 0.3) is 0 Å². The van der Waals surface area contributed by atoms with Crippen LogP contribution in [0.4, 0.5) is 0 Å². The molecule has 0 aliphatic heterocycles. The molecule has 1 aromatic heterocycles. The number of rotatable bonds is 5. The molecule has 0 amide bonds. The average molecular weight is 338 g/mol. The molecule has 1 saturated carbocycles. The molecule has 21 heavy (non-hydrogen) atoms. The van der Waals surface area contributed by atoms with E-state index >= 15 is 0 Å². The molecule has 0 bridgehead atoms. The monoisotopic (exact) mass is 337 g/mol. The van der Waals surface area contributed by atoms with Crippen molar-refractivity contribution >= 4 is 40.4 Å². The van der Waals surface area contributed by atoms with E-state index < -0.39 is 0 Å². The third kappa shape index (κ3) is 2.89. The molecule has 1 heterocycles. The molecule has 1 aliphatic carbocycles. The van der Waals surface area contributed by atoms with Crippen LogP contribution in [0.15, 0.2) is 27.7 Å². The highest BCUT2D eigenvalue weighted by Crippen LogP contribution is 2.42. The van der Waals surface area contributed by atoms with Crippen LogP contribution < -0.4 is 0 Å². The van der Waals surface area contributed by atoms with Crippen molar-refractivity contribution < 1.29 is 4.52 Å². The molecule has 1 aliphatic rings. The van der Waals surface area contributed by atoms with E-state index in [0.29, 0.717) is 5.92 Å². The molecule has 0 saturated heterocycles. The molecule has 110 valence electrons. The molecular weight excluding hydrogens is 322 g/mol. The first-order valence-electron chi connectivity index (χ1n) is 7.04. The summed E-state index contributed by atoms with van der Waals surface area (Å²) in [6, 6.07) is 3.93. The second-order valence-electron chi connectivity index (χ2n) is 5.19. The molecular formula is C16H16ClNOS2. The lowest BCUT2D eigenvalue weighted by molar-refractivity contribution is 0.384. The van der Waals surface area contributed by atoms with E-state index in [-0.39, 0.29) is 0 Å². The molecule has 0 atom stereocenters. The highest BCUT2D eigenvalue weighted by atomic mass is 35.5. The van der Waals surface area contributed by atoms with Gasteiger partial charge in [0.15, 0.2) is 0 Å². The van der Waals surface area contributed by atoms with Crippen molar-refractivity contribution in [3.8, 4) is 0 Å². The summed E-state index contributed by atoms with van der Waals surface area (Å²) in [4.78, 5) is 1.92. The minimum atomic E-state index is 0.498. The van der Waals surface area contributed by atoms with Gasteiger partial charge in [0.2, 0.25) is 0 Å². The van der Waals surface area contributed by atoms with Crippen molar-refractivity contribution in [2.75, 3.05) is 5.75 Å². The molecule has 3 rings (SSSR count). The summed E-state index contributed by atoms with van der Waals surface area (Å²) in [7, 11) is 0. The lowest BCUT2D eigenvalue weighted by Gasteiger charge is -2.13. The maximum Gasteiger partial charge on any atom is 0.148 e. The van der Waals surface area contributed by atoms with E-state index in [9.17, 15) is 0 Å². The summed E-state index contributed by atoms with van der Waals surface area (Å²) >= 11 is 13.8. The standard InChI is InChI=1S/C16H16ClNOS2/c1-3-21-16-9(2)11(6-7-13(16)17)15(20)12-8-18-19-14(12)10-4-5-10/h6-8,10H,3-5H2,1-2H3. The van der Waals surface area contributed by atoms with Crippen molar-refractivity contribution in [3.63, 3.8) is 0 Å². The predicted octanol–water partition coefficient (Wildman–Crippen LogP) is 5.39. The third-order valence-electron chi connectivity index (χ3n) is 3.68. The zero-order valence-corrected chi connectivity index (χ0v) is 14.4. The summed E-state index contributed by atoms with van der Waals surface area (Å²) in [5.74, 6) is 2.42. The number of hydrogen-bond acceptors (Lipinski definition) is 4. The van der Waals surface area contributed by atoms with Crippen LogP contribution in [0.1, 0.15) is 48.1 Å². The number of benzene rings is 1. The van der Waals surface area contributed by atoms with Crippen LogP contribution in [0.3, 0.4) is 0 Å². The Kier molecular flexibility index (Phi) is 4.38. The van der Waals surface area contributed by atoms with E-state index in [0.717, 1.165) is 43.0 Å². The summed E-state index contributed by atoms with van der Waals surface area (Å²) in [6.07, 6.45) is 4.08. The lowest BCUT2D eigenvalue weighted by Crippen LogP contribution is -2.05. The number of thioether (sulfide) groups is 1. The first-order chi connectivity index (χ1) is 10.1. The Morgan fingerprint density at radius 2 is 2.19 bits per heavy atom. The minimum absolute atomic E-state index is 0.498. The first kappa shape index (κ1) is 15.1. The number of thiocarbonyl (C=S) groups is 1. The zero-order chi connectivity index (χ0) is 15.0. The molecule has 2 nitrogen and oxygen atoms in total. The zero-order valence-electron chi connectivity index (χ0n) is 12.0. The van der Waals surface area contributed by atoms with Crippen molar-refractivity contribution in [1.82, 2.24) is 5.16 Å². The van der Waals surface area contributed by atoms with Gasteiger partial charge in [0, 0.05) is 10.8 Å². The van der Waals surface area contributed by atoms with Crippen LogP contribution in [0.2, 0.25) is 5.02 Å². The molecule has 5 heteroatoms. The van der Waals surface area contributed by atoms with Crippen LogP contribution in [0.25, 0.3) is 0 Å². The number of halogens is 1. The highest BCUT2D eigenvalue weighted by molar-refractivity contribution is 7.99. The van der Waals surface area contributed by atoms with Crippen molar-refractivity contribution in [2.45, 2.75) is 37.5 Å². The Morgan fingerprint density at radius 3 is 2.86 bits per heavy atom. The normalized spacial score (nSPS) is 14.4. The Labute approximate surface area is 139 Å². The number of hydrogen-bond donors (Lipinski definition) is 0. The maximum absolute atomic E-state index is 6.31. The number of aromatic nitrogens is 1. The van der Waals surface area contributed by atoms with Crippen LogP contribution in [0, 0.1) is 6.92 Å². The van der Waals surface area contributed by atoms with Crippen molar-refractivity contribution in [1.29, 1.82) is 0 Å². The van der Waals surface area contributed by atoms with Crippen LogP contribution in [-0.4, -0.2) is 15.8 Å². The maximum atomic E-state index is 6.31. The SMILES string of the molecule is CCSc1c(Cl)ccc(C(=S)c2cnoc2C2CC2)c1C. The van der Waals surface area contributed by atoms with Crippen LogP contribution >= 0.6 is 35.6 Å². The Balaban J connectivity index is 2.01. The lowest BCUT2D eigenvalue weighted by atomic mass is 10.00. The summed E-state index contributed by atoms with van der Waals surface area (Å²) in [6.45, 7) is 4.20. The van der Waals surface area contributed by atoms with Crippen LogP contribution in [0.5, 0.6) is 0 Å². The highest BCUT2D eigenvalue weighted by Gasteiger charge is 2.31. The fourth-order valence-electron chi connectivity index (χ4n) is 2.43. The van der Waals surface area contributed by atoms with Gasteiger partial charge >= 0.3 is 0 Å². The quantitative estimate of drug-likeness (QED) is 0.415. The minimum Gasteiger partial charge on any atom is -0.360 e. The van der Waals surface area contributed by atoms with Gasteiger partial charge < -0.3 is 4.52 Å². The first-order valence-corrected chi connectivity index (χ1v) is 8.81. The van der Waals surface area contributed by atoms with E-state index in [1.165, 1.54) is 12.8 Å². The summed E-state index contributed by atoms with van der Waals surface area (Å²) < 4.78 is 5.40. The Bertz CT molecular complexity index is 692. The van der Waals surface area contributed by atoms with Gasteiger partial charge in [0.1, 0.15) is 5.76 Å². The Hall–Kier alpha value is -0.840. The van der Waals surface area contributed by atoms with Gasteiger partial charge in [-0.3, -0.25) is 0 Å². The van der Waals surface area contributed by atoms with E-state index in [1.807, 2.05) is 12.1 Å². The smallest absolute Gasteiger partial charge is 0.148 e. The van der Waals surface area contributed by atoms with Gasteiger partial charge in [-0.25, -0.2) is 0 Å². The second-order valence-corrected chi connectivity index (χ2v) is 7.28. The molecule has 1 aromatic carbocycles. The molecule has 0 spiro atoms. The summed E-state index contributed by atoms with van der Waals surface area (Å²) in [5, 5.41) is 4.73. The molecule has 1 fully saturated rings. The van der Waals surface area contributed by atoms with E-state index in [1.54, 1.807) is 18.0 Å². The van der Waals surface area contributed by atoms with E-state index in [2.05, 4.69) is 19.0 Å². The fourth-order valence-corrected chi connectivity index (χ4v) is 3.99. The van der Waals surface area contributed by atoms with Crippen LogP contribution in [-0.2, 0) is 0 Å². The molecule has 0 N–H and O–H groups in total. The van der Waals surface area contributed by atoms with Crippen molar-refractivity contribution in [3.05, 3.63) is 45.8 Å². The van der Waals surface area contributed by atoms with E-state index in [4.69, 9.17) is 28.3 Å². The van der Waals surface area contributed by atoms with Gasteiger partial charge in [-0.05, 0) is 42.7 Å². The van der Waals surface area contributed by atoms with Gasteiger partial charge in [-0.2, -0.15) is 0 Å². The molecule has 0 radical (unpaired) electrons.